The molecular weight excluding hydrogens is 226 g/mol. The highest BCUT2D eigenvalue weighted by atomic mass is 16.5. The number of nitrogens with zero attached hydrogens (tertiary/aromatic N) is 3. The Morgan fingerprint density at radius 1 is 1.39 bits per heavy atom. The molecule has 0 bridgehead atoms. The topological polar surface area (TPSA) is 38.2 Å². The molecule has 0 saturated carbocycles. The molecule has 2 heterocycles. The summed E-state index contributed by atoms with van der Waals surface area (Å²) in [7, 11) is 1.76. The summed E-state index contributed by atoms with van der Waals surface area (Å²) in [5, 5.41) is 0. The summed E-state index contributed by atoms with van der Waals surface area (Å²) in [5.74, 6) is 0.871. The number of aryl methyl sites for hydroxylation is 1. The number of hydrogen-bond donors (Lipinski definition) is 0. The van der Waals surface area contributed by atoms with Crippen LogP contribution in [0, 0.1) is 6.92 Å². The Morgan fingerprint density at radius 2 is 2.11 bits per heavy atom. The van der Waals surface area contributed by atoms with E-state index in [9.17, 15) is 0 Å². The van der Waals surface area contributed by atoms with Crippen molar-refractivity contribution in [1.82, 2.24) is 14.9 Å². The SMILES string of the molecule is COCCN1CCC(C)(c2ccnc(C)n2)CC1. The highest BCUT2D eigenvalue weighted by Crippen LogP contribution is 2.33. The van der Waals surface area contributed by atoms with Gasteiger partial charge >= 0.3 is 0 Å². The Bertz CT molecular complexity index is 386. The van der Waals surface area contributed by atoms with Crippen LogP contribution in [0.4, 0.5) is 0 Å². The van der Waals surface area contributed by atoms with Gasteiger partial charge in [0.15, 0.2) is 0 Å². The summed E-state index contributed by atoms with van der Waals surface area (Å²) < 4.78 is 5.13. The van der Waals surface area contributed by atoms with Crippen LogP contribution in [0.5, 0.6) is 0 Å². The van der Waals surface area contributed by atoms with Crippen LogP contribution in [-0.4, -0.2) is 48.2 Å². The van der Waals surface area contributed by atoms with Crippen molar-refractivity contribution in [3.63, 3.8) is 0 Å². The van der Waals surface area contributed by atoms with Crippen molar-refractivity contribution in [2.24, 2.45) is 0 Å². The lowest BCUT2D eigenvalue weighted by molar-refractivity contribution is 0.112. The van der Waals surface area contributed by atoms with E-state index < -0.39 is 0 Å². The summed E-state index contributed by atoms with van der Waals surface area (Å²) in [6.07, 6.45) is 4.19. The zero-order valence-corrected chi connectivity index (χ0v) is 11.6. The minimum atomic E-state index is 0.206. The Kier molecular flexibility index (Phi) is 4.30. The zero-order chi connectivity index (χ0) is 13.0. The average Bonchev–Trinajstić information content (AvgIpc) is 2.38. The predicted octanol–water partition coefficient (Wildman–Crippen LogP) is 1.78. The maximum absolute atomic E-state index is 5.13. The number of hydrogen-bond acceptors (Lipinski definition) is 4. The quantitative estimate of drug-likeness (QED) is 0.815. The molecule has 4 nitrogen and oxygen atoms in total. The minimum Gasteiger partial charge on any atom is -0.383 e. The van der Waals surface area contributed by atoms with Crippen LogP contribution >= 0.6 is 0 Å². The second-order valence-corrected chi connectivity index (χ2v) is 5.38. The first-order valence-corrected chi connectivity index (χ1v) is 6.65. The van der Waals surface area contributed by atoms with Gasteiger partial charge in [0.25, 0.3) is 0 Å². The standard InChI is InChI=1S/C14H23N3O/c1-12-15-7-4-13(16-12)14(2)5-8-17(9-6-14)10-11-18-3/h4,7H,5-6,8-11H2,1-3H3. The van der Waals surface area contributed by atoms with Crippen LogP contribution in [0.3, 0.4) is 0 Å². The molecule has 18 heavy (non-hydrogen) atoms. The molecule has 0 atom stereocenters. The van der Waals surface area contributed by atoms with Crippen molar-refractivity contribution in [2.45, 2.75) is 32.1 Å². The molecular formula is C14H23N3O. The lowest BCUT2D eigenvalue weighted by Crippen LogP contribution is -2.42. The molecule has 2 rings (SSSR count). The van der Waals surface area contributed by atoms with E-state index >= 15 is 0 Å². The molecule has 0 unspecified atom stereocenters. The van der Waals surface area contributed by atoms with Gasteiger partial charge in [0.1, 0.15) is 5.82 Å². The lowest BCUT2D eigenvalue weighted by atomic mass is 9.77. The molecule has 0 aromatic carbocycles. The molecule has 4 heteroatoms. The van der Waals surface area contributed by atoms with Crippen LogP contribution in [-0.2, 0) is 10.2 Å². The third-order valence-electron chi connectivity index (χ3n) is 3.97. The van der Waals surface area contributed by atoms with Gasteiger partial charge in [-0.25, -0.2) is 9.97 Å². The van der Waals surface area contributed by atoms with E-state index in [4.69, 9.17) is 4.74 Å². The fourth-order valence-electron chi connectivity index (χ4n) is 2.54. The van der Waals surface area contributed by atoms with Crippen LogP contribution in [0.25, 0.3) is 0 Å². The fourth-order valence-corrected chi connectivity index (χ4v) is 2.54. The molecule has 0 radical (unpaired) electrons. The van der Waals surface area contributed by atoms with E-state index in [1.807, 2.05) is 13.1 Å². The molecule has 1 saturated heterocycles. The van der Waals surface area contributed by atoms with Crippen molar-refractivity contribution in [1.29, 1.82) is 0 Å². The van der Waals surface area contributed by atoms with Gasteiger partial charge in [-0.2, -0.15) is 0 Å². The van der Waals surface area contributed by atoms with Crippen molar-refractivity contribution >= 4 is 0 Å². The summed E-state index contributed by atoms with van der Waals surface area (Å²) >= 11 is 0. The van der Waals surface area contributed by atoms with E-state index in [2.05, 4.69) is 27.9 Å². The summed E-state index contributed by atoms with van der Waals surface area (Å²) in [6, 6.07) is 2.07. The van der Waals surface area contributed by atoms with E-state index in [0.29, 0.717) is 0 Å². The van der Waals surface area contributed by atoms with Crippen molar-refractivity contribution in [2.75, 3.05) is 33.4 Å². The van der Waals surface area contributed by atoms with Gasteiger partial charge in [-0.1, -0.05) is 6.92 Å². The highest BCUT2D eigenvalue weighted by molar-refractivity contribution is 5.16. The lowest BCUT2D eigenvalue weighted by Gasteiger charge is -2.39. The molecule has 1 fully saturated rings. The third kappa shape index (κ3) is 3.06. The van der Waals surface area contributed by atoms with E-state index in [-0.39, 0.29) is 5.41 Å². The van der Waals surface area contributed by atoms with Gasteiger partial charge in [0, 0.05) is 25.3 Å². The monoisotopic (exact) mass is 249 g/mol. The molecule has 0 spiro atoms. The number of piperidine rings is 1. The molecule has 1 aromatic rings. The normalized spacial score (nSPS) is 19.9. The maximum atomic E-state index is 5.13. The van der Waals surface area contributed by atoms with Crippen molar-refractivity contribution in [3.05, 3.63) is 23.8 Å². The van der Waals surface area contributed by atoms with Crippen LogP contribution in [0.2, 0.25) is 0 Å². The Labute approximate surface area is 109 Å². The van der Waals surface area contributed by atoms with E-state index in [1.165, 1.54) is 5.69 Å². The van der Waals surface area contributed by atoms with E-state index in [0.717, 1.165) is 44.9 Å². The second-order valence-electron chi connectivity index (χ2n) is 5.38. The van der Waals surface area contributed by atoms with Gasteiger partial charge < -0.3 is 9.64 Å². The average molecular weight is 249 g/mol. The van der Waals surface area contributed by atoms with Crippen LogP contribution in [0.1, 0.15) is 31.3 Å². The number of methoxy groups -OCH3 is 1. The number of likely N-dealkylation sites (tertiary alicyclic amines) is 1. The van der Waals surface area contributed by atoms with Crippen LogP contribution < -0.4 is 0 Å². The summed E-state index contributed by atoms with van der Waals surface area (Å²) in [6.45, 7) is 8.40. The van der Waals surface area contributed by atoms with Gasteiger partial charge in [-0.15, -0.1) is 0 Å². The first-order valence-electron chi connectivity index (χ1n) is 6.65. The first-order chi connectivity index (χ1) is 8.64. The fraction of sp³-hybridized carbons (Fsp3) is 0.714. The molecule has 1 aliphatic heterocycles. The zero-order valence-electron chi connectivity index (χ0n) is 11.6. The molecule has 0 amide bonds. The summed E-state index contributed by atoms with van der Waals surface area (Å²) in [5.41, 5.74) is 1.40. The number of ether oxygens (including phenoxy) is 1. The Hall–Kier alpha value is -1.00. The van der Waals surface area contributed by atoms with E-state index in [1.54, 1.807) is 7.11 Å². The predicted molar refractivity (Wildman–Crippen MR) is 71.7 cm³/mol. The Morgan fingerprint density at radius 3 is 2.72 bits per heavy atom. The van der Waals surface area contributed by atoms with Gasteiger partial charge in [-0.3, -0.25) is 0 Å². The first kappa shape index (κ1) is 13.4. The highest BCUT2D eigenvalue weighted by Gasteiger charge is 2.32. The van der Waals surface area contributed by atoms with Crippen molar-refractivity contribution < 1.29 is 4.74 Å². The smallest absolute Gasteiger partial charge is 0.125 e. The Balaban J connectivity index is 1.98. The number of rotatable bonds is 4. The largest absolute Gasteiger partial charge is 0.383 e. The molecule has 0 N–H and O–H groups in total. The minimum absolute atomic E-state index is 0.206. The van der Waals surface area contributed by atoms with Gasteiger partial charge in [-0.05, 0) is 38.9 Å². The van der Waals surface area contributed by atoms with Gasteiger partial charge in [0.2, 0.25) is 0 Å². The number of aromatic nitrogens is 2. The third-order valence-corrected chi connectivity index (χ3v) is 3.97. The van der Waals surface area contributed by atoms with Crippen molar-refractivity contribution in [3.8, 4) is 0 Å². The molecule has 1 aromatic heterocycles. The molecule has 100 valence electrons. The van der Waals surface area contributed by atoms with Crippen LogP contribution in [0.15, 0.2) is 12.3 Å². The molecule has 0 aliphatic carbocycles. The molecule has 1 aliphatic rings. The summed E-state index contributed by atoms with van der Waals surface area (Å²) in [4.78, 5) is 11.3. The maximum Gasteiger partial charge on any atom is 0.125 e. The van der Waals surface area contributed by atoms with Gasteiger partial charge in [0.05, 0.1) is 12.3 Å². The second kappa shape index (κ2) is 5.76.